The first-order valence-electron chi connectivity index (χ1n) is 8.81. The number of ketones is 2. The zero-order chi connectivity index (χ0) is 18.7. The number of aliphatic hydroxyl groups is 3. The normalized spacial score (nSPS) is 37.7. The number of Topliss-reactive ketones (excluding diaryl/α,β-unsaturated/α-hetero) is 2. The Bertz CT molecular complexity index is 726. The highest BCUT2D eigenvalue weighted by Gasteiger charge is 2.60. The van der Waals surface area contributed by atoms with Crippen LogP contribution < -0.4 is 0 Å². The van der Waals surface area contributed by atoms with Crippen LogP contribution in [0.4, 0.5) is 0 Å². The fourth-order valence-corrected chi connectivity index (χ4v) is 5.51. The van der Waals surface area contributed by atoms with E-state index in [1.807, 2.05) is 20.8 Å². The predicted octanol–water partition coefficient (Wildman–Crippen LogP) is 2.39. The summed E-state index contributed by atoms with van der Waals surface area (Å²) < 4.78 is 0. The quantitative estimate of drug-likeness (QED) is 0.405. The number of allylic oxidation sites excluding steroid dienone is 3. The Kier molecular flexibility index (Phi) is 4.08. The van der Waals surface area contributed by atoms with Crippen molar-refractivity contribution in [1.82, 2.24) is 0 Å². The van der Waals surface area contributed by atoms with Crippen molar-refractivity contribution in [2.45, 2.75) is 58.7 Å². The molecule has 0 radical (unpaired) electrons. The Balaban J connectivity index is 2.30. The summed E-state index contributed by atoms with van der Waals surface area (Å²) in [7, 11) is 0. The van der Waals surface area contributed by atoms with Gasteiger partial charge in [-0.2, -0.15) is 0 Å². The molecule has 0 amide bonds. The molecule has 5 heteroatoms. The molecule has 0 heterocycles. The van der Waals surface area contributed by atoms with Gasteiger partial charge in [-0.1, -0.05) is 33.3 Å². The van der Waals surface area contributed by atoms with E-state index >= 15 is 0 Å². The minimum atomic E-state index is -1.39. The largest absolute Gasteiger partial charge is 0.507 e. The van der Waals surface area contributed by atoms with Crippen molar-refractivity contribution in [1.29, 1.82) is 0 Å². The molecule has 0 bridgehead atoms. The molecule has 0 aromatic carbocycles. The van der Waals surface area contributed by atoms with Crippen LogP contribution in [0.15, 0.2) is 35.1 Å². The zero-order valence-corrected chi connectivity index (χ0v) is 15.0. The van der Waals surface area contributed by atoms with Crippen molar-refractivity contribution < 1.29 is 24.9 Å². The maximum Gasteiger partial charge on any atom is 0.233 e. The lowest BCUT2D eigenvalue weighted by atomic mass is 9.47. The molecular weight excluding hydrogens is 320 g/mol. The average Bonchev–Trinajstić information content (AvgIpc) is 2.51. The standard InChI is InChI=1S/C20H26O5/c1-5-7-10-13(21)11-12(16(24)14(10)22)20(4)9-6-8-19(2,3)18(20)17(25)15(11)23/h5,15,17-18,21,23,25H,1,6-9H2,2-4H3/t15-,17+,18-,20+/m0/s1. The van der Waals surface area contributed by atoms with Crippen LogP contribution in [0.2, 0.25) is 0 Å². The molecule has 3 aliphatic carbocycles. The number of aliphatic hydroxyl groups excluding tert-OH is 3. The Morgan fingerprint density at radius 2 is 1.80 bits per heavy atom. The second-order valence-electron chi connectivity index (χ2n) is 8.44. The minimum Gasteiger partial charge on any atom is -0.507 e. The van der Waals surface area contributed by atoms with Crippen LogP contribution in [0.1, 0.15) is 46.5 Å². The van der Waals surface area contributed by atoms with Crippen LogP contribution in [0, 0.1) is 16.7 Å². The zero-order valence-electron chi connectivity index (χ0n) is 15.0. The van der Waals surface area contributed by atoms with Gasteiger partial charge in [-0.3, -0.25) is 9.59 Å². The molecule has 0 spiro atoms. The third kappa shape index (κ3) is 2.29. The number of fused-ring (bicyclic) bond motifs is 2. The van der Waals surface area contributed by atoms with Crippen LogP contribution in [-0.2, 0) is 9.59 Å². The van der Waals surface area contributed by atoms with Gasteiger partial charge in [-0.05, 0) is 24.7 Å². The summed E-state index contributed by atoms with van der Waals surface area (Å²) in [6.45, 7) is 9.46. The first-order chi connectivity index (χ1) is 11.6. The van der Waals surface area contributed by atoms with Gasteiger partial charge in [0.1, 0.15) is 11.9 Å². The van der Waals surface area contributed by atoms with Gasteiger partial charge < -0.3 is 15.3 Å². The topological polar surface area (TPSA) is 94.8 Å². The number of carbonyl (C=O) groups is 2. The third-order valence-electron chi connectivity index (χ3n) is 6.44. The lowest BCUT2D eigenvalue weighted by Crippen LogP contribution is -2.59. The molecule has 4 atom stereocenters. The van der Waals surface area contributed by atoms with E-state index in [0.717, 1.165) is 12.8 Å². The van der Waals surface area contributed by atoms with Crippen LogP contribution in [0.25, 0.3) is 0 Å². The van der Waals surface area contributed by atoms with Gasteiger partial charge in [-0.25, -0.2) is 0 Å². The third-order valence-corrected chi connectivity index (χ3v) is 6.44. The molecule has 0 unspecified atom stereocenters. The first kappa shape index (κ1) is 18.1. The van der Waals surface area contributed by atoms with E-state index in [1.54, 1.807) is 0 Å². The number of hydrogen-bond donors (Lipinski definition) is 3. The maximum atomic E-state index is 12.9. The first-order valence-corrected chi connectivity index (χ1v) is 8.81. The van der Waals surface area contributed by atoms with Crippen molar-refractivity contribution >= 4 is 11.6 Å². The highest BCUT2D eigenvalue weighted by Crippen LogP contribution is 2.61. The highest BCUT2D eigenvalue weighted by atomic mass is 16.3. The van der Waals surface area contributed by atoms with Crippen molar-refractivity contribution in [2.75, 3.05) is 0 Å². The lowest BCUT2D eigenvalue weighted by Gasteiger charge is -2.57. The number of rotatable bonds is 2. The summed E-state index contributed by atoms with van der Waals surface area (Å²) in [5.41, 5.74) is -0.877. The minimum absolute atomic E-state index is 0.0328. The SMILES string of the molecule is C=CCC1=C(O)C2=C(C(=O)C1=O)[C@@]1(C)CCCC(C)(C)[C@@H]1[C@H](O)[C@H]2O. The molecule has 0 saturated heterocycles. The van der Waals surface area contributed by atoms with E-state index in [4.69, 9.17) is 0 Å². The van der Waals surface area contributed by atoms with E-state index in [2.05, 4.69) is 6.58 Å². The van der Waals surface area contributed by atoms with E-state index in [0.29, 0.717) is 6.42 Å². The molecule has 0 aromatic rings. The van der Waals surface area contributed by atoms with Gasteiger partial charge in [0.25, 0.3) is 0 Å². The second-order valence-corrected chi connectivity index (χ2v) is 8.44. The van der Waals surface area contributed by atoms with Crippen molar-refractivity contribution in [2.24, 2.45) is 16.7 Å². The number of carbonyl (C=O) groups excluding carboxylic acids is 2. The van der Waals surface area contributed by atoms with Crippen molar-refractivity contribution in [3.8, 4) is 0 Å². The molecule has 1 fully saturated rings. The lowest BCUT2D eigenvalue weighted by molar-refractivity contribution is -0.141. The Labute approximate surface area is 147 Å². The van der Waals surface area contributed by atoms with Crippen LogP contribution >= 0.6 is 0 Å². The van der Waals surface area contributed by atoms with E-state index in [1.165, 1.54) is 6.08 Å². The van der Waals surface area contributed by atoms with Crippen LogP contribution in [-0.4, -0.2) is 39.1 Å². The van der Waals surface area contributed by atoms with Crippen molar-refractivity contribution in [3.63, 3.8) is 0 Å². The van der Waals surface area contributed by atoms with Gasteiger partial charge in [-0.15, -0.1) is 6.58 Å². The summed E-state index contributed by atoms with van der Waals surface area (Å²) >= 11 is 0. The van der Waals surface area contributed by atoms with Gasteiger partial charge in [0, 0.05) is 28.1 Å². The number of hydrogen-bond acceptors (Lipinski definition) is 5. The van der Waals surface area contributed by atoms with E-state index in [9.17, 15) is 24.9 Å². The van der Waals surface area contributed by atoms with Gasteiger partial charge >= 0.3 is 0 Å². The van der Waals surface area contributed by atoms with Gasteiger partial charge in [0.05, 0.1) is 6.10 Å². The van der Waals surface area contributed by atoms with Crippen molar-refractivity contribution in [3.05, 3.63) is 35.1 Å². The van der Waals surface area contributed by atoms with Gasteiger partial charge in [0.15, 0.2) is 0 Å². The monoisotopic (exact) mass is 346 g/mol. The molecule has 5 nitrogen and oxygen atoms in total. The molecule has 1 saturated carbocycles. The smallest absolute Gasteiger partial charge is 0.233 e. The fraction of sp³-hybridized carbons (Fsp3) is 0.600. The molecule has 136 valence electrons. The molecule has 0 aliphatic heterocycles. The summed E-state index contributed by atoms with van der Waals surface area (Å²) in [5.74, 6) is -2.13. The molecular formula is C20H26O5. The molecule has 25 heavy (non-hydrogen) atoms. The fourth-order valence-electron chi connectivity index (χ4n) is 5.51. The van der Waals surface area contributed by atoms with Gasteiger partial charge in [0.2, 0.25) is 11.6 Å². The summed E-state index contributed by atoms with van der Waals surface area (Å²) in [4.78, 5) is 25.5. The molecule has 3 N–H and O–H groups in total. The summed E-state index contributed by atoms with van der Waals surface area (Å²) in [6, 6.07) is 0. The summed E-state index contributed by atoms with van der Waals surface area (Å²) in [6.07, 6.45) is 1.34. The predicted molar refractivity (Wildman–Crippen MR) is 92.8 cm³/mol. The Morgan fingerprint density at radius 1 is 1.16 bits per heavy atom. The highest BCUT2D eigenvalue weighted by molar-refractivity contribution is 6.50. The maximum absolute atomic E-state index is 12.9. The van der Waals surface area contributed by atoms with E-state index in [-0.39, 0.29) is 40.2 Å². The summed E-state index contributed by atoms with van der Waals surface area (Å²) in [5, 5.41) is 32.2. The van der Waals surface area contributed by atoms with Crippen LogP contribution in [0.3, 0.4) is 0 Å². The van der Waals surface area contributed by atoms with E-state index < -0.39 is 29.2 Å². The Hall–Kier alpha value is -1.72. The second kappa shape index (κ2) is 5.64. The molecule has 3 aliphatic rings. The molecule has 3 rings (SSSR count). The van der Waals surface area contributed by atoms with Crippen LogP contribution in [0.5, 0.6) is 0 Å². The Morgan fingerprint density at radius 3 is 2.40 bits per heavy atom. The average molecular weight is 346 g/mol. The molecule has 0 aromatic heterocycles.